The minimum absolute atomic E-state index is 0.102. The molecule has 28 heavy (non-hydrogen) atoms. The number of nitrogens with zero attached hydrogens (tertiary/aromatic N) is 5. The third-order valence-electron chi connectivity index (χ3n) is 4.76. The van der Waals surface area contributed by atoms with Gasteiger partial charge in [0.05, 0.1) is 35.8 Å². The van der Waals surface area contributed by atoms with Crippen LogP contribution >= 0.6 is 0 Å². The van der Waals surface area contributed by atoms with Crippen molar-refractivity contribution in [3.8, 4) is 11.3 Å². The maximum Gasteiger partial charge on any atom is 0.257 e. The van der Waals surface area contributed by atoms with Crippen LogP contribution in [0.5, 0.6) is 0 Å². The SMILES string of the molecule is Cc1nn(C)cc1C(=O)N1CCOC(c2nccnc2-c2ccccc2F)C1. The van der Waals surface area contributed by atoms with Gasteiger partial charge in [-0.1, -0.05) is 12.1 Å². The highest BCUT2D eigenvalue weighted by Gasteiger charge is 2.30. The van der Waals surface area contributed by atoms with Crippen molar-refractivity contribution in [3.63, 3.8) is 0 Å². The molecule has 0 bridgehead atoms. The van der Waals surface area contributed by atoms with Crippen LogP contribution in [0.2, 0.25) is 0 Å². The van der Waals surface area contributed by atoms with E-state index in [0.717, 1.165) is 0 Å². The molecule has 3 heterocycles. The van der Waals surface area contributed by atoms with Crippen LogP contribution in [-0.2, 0) is 11.8 Å². The molecule has 1 saturated heterocycles. The summed E-state index contributed by atoms with van der Waals surface area (Å²) in [5.41, 5.74) is 2.56. The van der Waals surface area contributed by atoms with Gasteiger partial charge in [0.1, 0.15) is 11.9 Å². The van der Waals surface area contributed by atoms with Crippen molar-refractivity contribution < 1.29 is 13.9 Å². The van der Waals surface area contributed by atoms with E-state index in [-0.39, 0.29) is 11.7 Å². The maximum absolute atomic E-state index is 14.3. The minimum Gasteiger partial charge on any atom is -0.368 e. The molecule has 8 heteroatoms. The fraction of sp³-hybridized carbons (Fsp3) is 0.300. The Hall–Kier alpha value is -3.13. The van der Waals surface area contributed by atoms with Crippen LogP contribution in [0.1, 0.15) is 27.8 Å². The summed E-state index contributed by atoms with van der Waals surface area (Å²) in [7, 11) is 1.78. The second kappa shape index (κ2) is 7.47. The smallest absolute Gasteiger partial charge is 0.257 e. The van der Waals surface area contributed by atoms with E-state index < -0.39 is 6.10 Å². The highest BCUT2D eigenvalue weighted by Crippen LogP contribution is 2.30. The molecule has 0 saturated carbocycles. The van der Waals surface area contributed by atoms with Crippen molar-refractivity contribution in [2.75, 3.05) is 19.7 Å². The minimum atomic E-state index is -0.488. The summed E-state index contributed by atoms with van der Waals surface area (Å²) in [6.45, 7) is 2.96. The molecule has 0 N–H and O–H groups in total. The van der Waals surface area contributed by atoms with E-state index in [1.165, 1.54) is 12.3 Å². The van der Waals surface area contributed by atoms with Crippen LogP contribution in [0.15, 0.2) is 42.9 Å². The Bertz CT molecular complexity index is 1020. The fourth-order valence-electron chi connectivity index (χ4n) is 3.42. The average molecular weight is 381 g/mol. The molecule has 1 fully saturated rings. The highest BCUT2D eigenvalue weighted by molar-refractivity contribution is 5.95. The molecule has 0 radical (unpaired) electrons. The molecule has 1 unspecified atom stereocenters. The summed E-state index contributed by atoms with van der Waals surface area (Å²) in [6.07, 6.45) is 4.30. The molecule has 2 aromatic heterocycles. The number of aromatic nitrogens is 4. The molecule has 0 spiro atoms. The molecule has 4 rings (SSSR count). The molecular weight excluding hydrogens is 361 g/mol. The zero-order valence-electron chi connectivity index (χ0n) is 15.7. The molecule has 3 aromatic rings. The van der Waals surface area contributed by atoms with E-state index in [1.54, 1.807) is 47.2 Å². The number of amides is 1. The van der Waals surface area contributed by atoms with Gasteiger partial charge in [0, 0.05) is 37.7 Å². The van der Waals surface area contributed by atoms with E-state index in [4.69, 9.17) is 4.74 Å². The maximum atomic E-state index is 14.3. The topological polar surface area (TPSA) is 73.1 Å². The van der Waals surface area contributed by atoms with Gasteiger partial charge in [0.2, 0.25) is 0 Å². The van der Waals surface area contributed by atoms with E-state index in [2.05, 4.69) is 15.1 Å². The zero-order valence-corrected chi connectivity index (χ0v) is 15.7. The average Bonchev–Trinajstić information content (AvgIpc) is 3.06. The molecule has 144 valence electrons. The van der Waals surface area contributed by atoms with E-state index in [9.17, 15) is 9.18 Å². The number of rotatable bonds is 3. The fourth-order valence-corrected chi connectivity index (χ4v) is 3.42. The van der Waals surface area contributed by atoms with Gasteiger partial charge in [-0.3, -0.25) is 19.4 Å². The Labute approximate surface area is 161 Å². The van der Waals surface area contributed by atoms with Crippen LogP contribution in [0.3, 0.4) is 0 Å². The molecule has 1 amide bonds. The van der Waals surface area contributed by atoms with E-state index in [0.29, 0.717) is 47.9 Å². The molecule has 0 aliphatic carbocycles. The lowest BCUT2D eigenvalue weighted by Gasteiger charge is -2.33. The summed E-state index contributed by atoms with van der Waals surface area (Å²) >= 11 is 0. The first-order valence-electron chi connectivity index (χ1n) is 9.01. The number of morpholine rings is 1. The van der Waals surface area contributed by atoms with Crippen LogP contribution in [-0.4, -0.2) is 50.3 Å². The Morgan fingerprint density at radius 1 is 1.25 bits per heavy atom. The van der Waals surface area contributed by atoms with Gasteiger partial charge in [-0.2, -0.15) is 5.10 Å². The van der Waals surface area contributed by atoms with Gasteiger partial charge < -0.3 is 9.64 Å². The monoisotopic (exact) mass is 381 g/mol. The molecular formula is C20H20FN5O2. The number of halogens is 1. The number of aryl methyl sites for hydroxylation is 2. The Morgan fingerprint density at radius 3 is 2.79 bits per heavy atom. The van der Waals surface area contributed by atoms with Gasteiger partial charge >= 0.3 is 0 Å². The molecule has 1 aliphatic rings. The van der Waals surface area contributed by atoms with Crippen molar-refractivity contribution in [1.29, 1.82) is 0 Å². The van der Waals surface area contributed by atoms with Crippen LogP contribution < -0.4 is 0 Å². The summed E-state index contributed by atoms with van der Waals surface area (Å²) in [6, 6.07) is 6.42. The lowest BCUT2D eigenvalue weighted by molar-refractivity contribution is -0.0246. The van der Waals surface area contributed by atoms with E-state index >= 15 is 0 Å². The van der Waals surface area contributed by atoms with Gasteiger partial charge in [-0.25, -0.2) is 4.39 Å². The second-order valence-corrected chi connectivity index (χ2v) is 6.68. The van der Waals surface area contributed by atoms with Crippen LogP contribution in [0, 0.1) is 12.7 Å². The Morgan fingerprint density at radius 2 is 2.04 bits per heavy atom. The largest absolute Gasteiger partial charge is 0.368 e. The molecule has 1 atom stereocenters. The summed E-state index contributed by atoms with van der Waals surface area (Å²) in [5, 5.41) is 4.24. The zero-order chi connectivity index (χ0) is 19.7. The van der Waals surface area contributed by atoms with Gasteiger partial charge in [0.15, 0.2) is 0 Å². The second-order valence-electron chi connectivity index (χ2n) is 6.68. The predicted molar refractivity (Wildman–Crippen MR) is 100.0 cm³/mol. The first kappa shape index (κ1) is 18.2. The van der Waals surface area contributed by atoms with Crippen LogP contribution in [0.25, 0.3) is 11.3 Å². The van der Waals surface area contributed by atoms with Gasteiger partial charge in [-0.05, 0) is 19.1 Å². The number of carbonyl (C=O) groups excluding carboxylic acids is 1. The quantitative estimate of drug-likeness (QED) is 0.697. The van der Waals surface area contributed by atoms with Crippen molar-refractivity contribution in [2.24, 2.45) is 7.05 Å². The Balaban J connectivity index is 1.63. The number of benzene rings is 1. The molecule has 1 aliphatic heterocycles. The number of hydrogen-bond donors (Lipinski definition) is 0. The summed E-state index contributed by atoms with van der Waals surface area (Å²) in [5.74, 6) is -0.478. The van der Waals surface area contributed by atoms with E-state index in [1.807, 2.05) is 6.92 Å². The van der Waals surface area contributed by atoms with Crippen molar-refractivity contribution in [1.82, 2.24) is 24.6 Å². The first-order valence-corrected chi connectivity index (χ1v) is 9.01. The summed E-state index contributed by atoms with van der Waals surface area (Å²) in [4.78, 5) is 23.4. The number of hydrogen-bond acceptors (Lipinski definition) is 5. The molecule has 1 aromatic carbocycles. The van der Waals surface area contributed by atoms with Crippen LogP contribution in [0.4, 0.5) is 4.39 Å². The first-order chi connectivity index (χ1) is 13.5. The lowest BCUT2D eigenvalue weighted by atomic mass is 10.0. The Kier molecular flexibility index (Phi) is 4.87. The number of carbonyl (C=O) groups is 1. The van der Waals surface area contributed by atoms with Crippen molar-refractivity contribution in [3.05, 3.63) is 65.6 Å². The third kappa shape index (κ3) is 3.38. The van der Waals surface area contributed by atoms with Gasteiger partial charge in [-0.15, -0.1) is 0 Å². The highest BCUT2D eigenvalue weighted by atomic mass is 19.1. The lowest BCUT2D eigenvalue weighted by Crippen LogP contribution is -2.42. The van der Waals surface area contributed by atoms with Crippen molar-refractivity contribution >= 4 is 5.91 Å². The summed E-state index contributed by atoms with van der Waals surface area (Å²) < 4.78 is 21.8. The third-order valence-corrected chi connectivity index (χ3v) is 4.76. The normalized spacial score (nSPS) is 17.0. The standard InChI is InChI=1S/C20H20FN5O2/c1-13-15(11-25(2)24-13)20(27)26-9-10-28-17(12-26)19-18(22-7-8-23-19)14-5-3-4-6-16(14)21/h3-8,11,17H,9-10,12H2,1-2H3. The van der Waals surface area contributed by atoms with Gasteiger partial charge in [0.25, 0.3) is 5.91 Å². The molecule has 7 nitrogen and oxygen atoms in total. The number of ether oxygens (including phenoxy) is 1. The predicted octanol–water partition coefficient (Wildman–Crippen LogP) is 2.54. The van der Waals surface area contributed by atoms with Crippen molar-refractivity contribution in [2.45, 2.75) is 13.0 Å².